The molecule has 26 heavy (non-hydrogen) atoms. The number of rotatable bonds is 5. The molecule has 0 aliphatic rings. The number of oxazole rings is 1. The zero-order chi connectivity index (χ0) is 18.1. The van der Waals surface area contributed by atoms with Gasteiger partial charge in [-0.05, 0) is 48.5 Å². The van der Waals surface area contributed by atoms with Gasteiger partial charge in [-0.3, -0.25) is 4.72 Å². The zero-order valence-electron chi connectivity index (χ0n) is 13.7. The van der Waals surface area contributed by atoms with E-state index in [9.17, 15) is 8.42 Å². The van der Waals surface area contributed by atoms with Crippen molar-refractivity contribution in [2.75, 3.05) is 11.8 Å². The van der Waals surface area contributed by atoms with E-state index in [2.05, 4.69) is 9.71 Å². The Balaban J connectivity index is 1.72. The lowest BCUT2D eigenvalue weighted by Gasteiger charge is -2.08. The van der Waals surface area contributed by atoms with Gasteiger partial charge in [0.05, 0.1) is 24.0 Å². The monoisotopic (exact) mass is 370 g/mol. The summed E-state index contributed by atoms with van der Waals surface area (Å²) in [6.07, 6.45) is 1.51. The van der Waals surface area contributed by atoms with Crippen molar-refractivity contribution in [2.24, 2.45) is 0 Å². The number of aromatic nitrogens is 1. The molecular weight excluding hydrogens is 356 g/mol. The molecule has 4 aromatic rings. The van der Waals surface area contributed by atoms with Gasteiger partial charge in [0.1, 0.15) is 11.3 Å². The Hall–Kier alpha value is -3.26. The second-order valence-corrected chi connectivity index (χ2v) is 7.11. The average Bonchev–Trinajstić information content (AvgIpc) is 3.31. The quantitative estimate of drug-likeness (QED) is 0.572. The van der Waals surface area contributed by atoms with E-state index in [0.29, 0.717) is 28.3 Å². The number of furan rings is 1. The van der Waals surface area contributed by atoms with Crippen LogP contribution in [0.25, 0.3) is 22.8 Å². The van der Waals surface area contributed by atoms with Crippen molar-refractivity contribution in [3.05, 3.63) is 60.9 Å². The molecule has 2 aromatic heterocycles. The molecule has 0 spiro atoms. The molecule has 132 valence electrons. The van der Waals surface area contributed by atoms with Gasteiger partial charge in [0.2, 0.25) is 0 Å². The molecule has 0 aliphatic carbocycles. The molecule has 0 atom stereocenters. The van der Waals surface area contributed by atoms with E-state index in [0.717, 1.165) is 0 Å². The maximum atomic E-state index is 12.7. The third-order valence-corrected chi connectivity index (χ3v) is 5.15. The number of hydrogen-bond acceptors (Lipinski definition) is 6. The van der Waals surface area contributed by atoms with Crippen molar-refractivity contribution in [3.8, 4) is 17.4 Å². The second kappa shape index (κ2) is 6.23. The fourth-order valence-electron chi connectivity index (χ4n) is 2.50. The number of sulfonamides is 1. The summed E-state index contributed by atoms with van der Waals surface area (Å²) < 4.78 is 43.8. The summed E-state index contributed by atoms with van der Waals surface area (Å²) >= 11 is 0. The summed E-state index contributed by atoms with van der Waals surface area (Å²) in [5, 5.41) is 0. The fourth-order valence-corrected chi connectivity index (χ4v) is 3.56. The van der Waals surface area contributed by atoms with E-state index in [1.165, 1.54) is 25.5 Å². The molecular formula is C18H14N2O5S. The Morgan fingerprint density at radius 1 is 1.04 bits per heavy atom. The van der Waals surface area contributed by atoms with Crippen LogP contribution in [0.1, 0.15) is 0 Å². The van der Waals surface area contributed by atoms with Gasteiger partial charge in [-0.2, -0.15) is 0 Å². The lowest BCUT2D eigenvalue weighted by atomic mass is 10.3. The Morgan fingerprint density at radius 2 is 1.85 bits per heavy atom. The van der Waals surface area contributed by atoms with Crippen LogP contribution >= 0.6 is 0 Å². The molecule has 8 heteroatoms. The Bertz CT molecular complexity index is 1150. The summed E-state index contributed by atoms with van der Waals surface area (Å²) in [6.45, 7) is 0. The molecule has 0 bridgehead atoms. The minimum atomic E-state index is -3.78. The average molecular weight is 370 g/mol. The number of nitrogens with zero attached hydrogens (tertiary/aromatic N) is 1. The van der Waals surface area contributed by atoms with Crippen molar-refractivity contribution in [3.63, 3.8) is 0 Å². The van der Waals surface area contributed by atoms with Gasteiger partial charge >= 0.3 is 0 Å². The van der Waals surface area contributed by atoms with Gasteiger partial charge in [-0.1, -0.05) is 6.07 Å². The van der Waals surface area contributed by atoms with E-state index in [4.69, 9.17) is 13.6 Å². The molecule has 0 aliphatic heterocycles. The maximum absolute atomic E-state index is 12.7. The molecule has 0 unspecified atom stereocenters. The largest absolute Gasteiger partial charge is 0.497 e. The molecule has 0 saturated heterocycles. The predicted octanol–water partition coefficient (Wildman–Crippen LogP) is 3.90. The van der Waals surface area contributed by atoms with Crippen molar-refractivity contribution >= 4 is 26.8 Å². The zero-order valence-corrected chi connectivity index (χ0v) is 14.5. The Kier molecular flexibility index (Phi) is 3.89. The molecule has 4 rings (SSSR count). The lowest BCUT2D eigenvalue weighted by Crippen LogP contribution is -2.13. The fraction of sp³-hybridized carbons (Fsp3) is 0.0556. The van der Waals surface area contributed by atoms with E-state index < -0.39 is 10.0 Å². The molecule has 0 radical (unpaired) electrons. The van der Waals surface area contributed by atoms with Gasteiger partial charge in [0, 0.05) is 0 Å². The van der Waals surface area contributed by atoms with Gasteiger partial charge in [-0.15, -0.1) is 0 Å². The molecule has 1 N–H and O–H groups in total. The highest BCUT2D eigenvalue weighted by Gasteiger charge is 2.19. The first-order chi connectivity index (χ1) is 12.6. The molecule has 0 amide bonds. The number of ether oxygens (including phenoxy) is 1. The van der Waals surface area contributed by atoms with Gasteiger partial charge in [-0.25, -0.2) is 13.4 Å². The van der Waals surface area contributed by atoms with Crippen LogP contribution in [0.5, 0.6) is 5.75 Å². The summed E-state index contributed by atoms with van der Waals surface area (Å²) in [5.74, 6) is 1.32. The van der Waals surface area contributed by atoms with Crippen LogP contribution in [0.2, 0.25) is 0 Å². The van der Waals surface area contributed by atoms with Crippen LogP contribution in [-0.2, 0) is 10.0 Å². The minimum absolute atomic E-state index is 0.116. The van der Waals surface area contributed by atoms with Crippen LogP contribution < -0.4 is 9.46 Å². The molecule has 0 saturated carbocycles. The maximum Gasteiger partial charge on any atom is 0.264 e. The second-order valence-electron chi connectivity index (χ2n) is 5.43. The Labute approximate surface area is 149 Å². The first-order valence-corrected chi connectivity index (χ1v) is 9.15. The molecule has 2 heterocycles. The molecule has 7 nitrogen and oxygen atoms in total. The van der Waals surface area contributed by atoms with Crippen LogP contribution in [0.4, 0.5) is 5.69 Å². The minimum Gasteiger partial charge on any atom is -0.497 e. The lowest BCUT2D eigenvalue weighted by molar-refractivity contribution is 0.414. The summed E-state index contributed by atoms with van der Waals surface area (Å²) in [5.41, 5.74) is 1.17. The first-order valence-electron chi connectivity index (χ1n) is 7.67. The normalized spacial score (nSPS) is 11.6. The van der Waals surface area contributed by atoms with E-state index in [-0.39, 0.29) is 10.8 Å². The third-order valence-electron chi connectivity index (χ3n) is 3.77. The van der Waals surface area contributed by atoms with Crippen LogP contribution in [-0.4, -0.2) is 20.5 Å². The summed E-state index contributed by atoms with van der Waals surface area (Å²) in [7, 11) is -2.27. The summed E-state index contributed by atoms with van der Waals surface area (Å²) in [4.78, 5) is 4.47. The number of anilines is 1. The number of benzene rings is 2. The highest BCUT2D eigenvalue weighted by Crippen LogP contribution is 2.30. The molecule has 2 aromatic carbocycles. The SMILES string of the molecule is COc1ccc(S(=O)(=O)Nc2cccc3oc(-c4ccco4)nc23)cc1. The van der Waals surface area contributed by atoms with Crippen molar-refractivity contribution in [1.82, 2.24) is 4.98 Å². The summed E-state index contributed by atoms with van der Waals surface area (Å²) in [6, 6.07) is 14.6. The third kappa shape index (κ3) is 2.91. The number of fused-ring (bicyclic) bond motifs is 1. The van der Waals surface area contributed by atoms with Crippen molar-refractivity contribution in [1.29, 1.82) is 0 Å². The standard InChI is InChI=1S/C18H14N2O5S/c1-23-12-7-9-13(10-8-12)26(21,22)20-14-4-2-5-15-17(14)19-18(25-15)16-6-3-11-24-16/h2-11,20H,1H3. The van der Waals surface area contributed by atoms with Gasteiger partial charge < -0.3 is 13.6 Å². The number of para-hydroxylation sites is 1. The highest BCUT2D eigenvalue weighted by atomic mass is 32.2. The topological polar surface area (TPSA) is 94.6 Å². The van der Waals surface area contributed by atoms with Gasteiger partial charge in [0.25, 0.3) is 15.9 Å². The predicted molar refractivity (Wildman–Crippen MR) is 95.5 cm³/mol. The van der Waals surface area contributed by atoms with Gasteiger partial charge in [0.15, 0.2) is 11.3 Å². The van der Waals surface area contributed by atoms with E-state index >= 15 is 0 Å². The number of hydrogen-bond donors (Lipinski definition) is 1. The van der Waals surface area contributed by atoms with Crippen molar-refractivity contribution in [2.45, 2.75) is 4.90 Å². The van der Waals surface area contributed by atoms with Crippen molar-refractivity contribution < 1.29 is 22.0 Å². The highest BCUT2D eigenvalue weighted by molar-refractivity contribution is 7.92. The van der Waals surface area contributed by atoms with E-state index in [1.807, 2.05) is 0 Å². The molecule has 0 fully saturated rings. The number of nitrogens with one attached hydrogen (secondary N) is 1. The van der Waals surface area contributed by atoms with E-state index in [1.54, 1.807) is 42.5 Å². The number of methoxy groups -OCH3 is 1. The first kappa shape index (κ1) is 16.2. The smallest absolute Gasteiger partial charge is 0.264 e. The van der Waals surface area contributed by atoms with Crippen LogP contribution in [0.15, 0.2) is 74.6 Å². The Morgan fingerprint density at radius 3 is 2.54 bits per heavy atom. The van der Waals surface area contributed by atoms with Crippen LogP contribution in [0.3, 0.4) is 0 Å². The van der Waals surface area contributed by atoms with Crippen LogP contribution in [0, 0.1) is 0 Å².